The average Bonchev–Trinajstić information content (AvgIpc) is 3.96. The summed E-state index contributed by atoms with van der Waals surface area (Å²) in [6.45, 7) is 0. The summed E-state index contributed by atoms with van der Waals surface area (Å²) in [7, 11) is -1.05. The van der Waals surface area contributed by atoms with Crippen LogP contribution in [-0.4, -0.2) is 56.8 Å². The van der Waals surface area contributed by atoms with E-state index in [1.54, 1.807) is 29.1 Å². The van der Waals surface area contributed by atoms with Crippen LogP contribution in [0.15, 0.2) is 71.7 Å². The van der Waals surface area contributed by atoms with E-state index in [2.05, 4.69) is 32.5 Å². The largest absolute Gasteiger partial charge is 0.291 e. The third kappa shape index (κ3) is 4.57. The average molecular weight is 611 g/mol. The van der Waals surface area contributed by atoms with E-state index in [9.17, 15) is 13.4 Å². The van der Waals surface area contributed by atoms with Crippen LogP contribution in [0.3, 0.4) is 0 Å². The Bertz CT molecular complexity index is 1900. The van der Waals surface area contributed by atoms with Gasteiger partial charge in [0.1, 0.15) is 11.5 Å². The highest BCUT2D eigenvalue weighted by Gasteiger charge is 2.53. The third-order valence-corrected chi connectivity index (χ3v) is 12.0. The first-order valence-electron chi connectivity index (χ1n) is 15.4. The summed E-state index contributed by atoms with van der Waals surface area (Å²) in [6, 6.07) is 12.1. The third-order valence-electron chi connectivity index (χ3n) is 9.83. The lowest BCUT2D eigenvalue weighted by Gasteiger charge is -2.47. The molecule has 0 bridgehead atoms. The van der Waals surface area contributed by atoms with Gasteiger partial charge in [-0.05, 0) is 117 Å². The second-order valence-corrected chi connectivity index (χ2v) is 15.0. The lowest BCUT2D eigenvalue weighted by Crippen LogP contribution is -2.51. The molecule has 226 valence electrons. The number of carbonyl (C=O) groups is 1. The number of Topliss-reactive ketones (excluding diaryl/α,β-unsaturated/α-hetero) is 1. The van der Waals surface area contributed by atoms with Gasteiger partial charge in [-0.1, -0.05) is 11.6 Å². The molecule has 4 aliphatic carbocycles. The zero-order valence-corrected chi connectivity index (χ0v) is 25.5. The Hall–Kier alpha value is -3.89. The summed E-state index contributed by atoms with van der Waals surface area (Å²) >= 11 is 0. The summed E-state index contributed by atoms with van der Waals surface area (Å²) in [5.41, 5.74) is 4.49. The number of ketones is 1. The van der Waals surface area contributed by atoms with Gasteiger partial charge in [0.05, 0.1) is 32.7 Å². The van der Waals surface area contributed by atoms with Crippen LogP contribution in [0, 0.1) is 11.2 Å². The van der Waals surface area contributed by atoms with Crippen LogP contribution in [0.4, 0.5) is 4.39 Å². The minimum absolute atomic E-state index is 0.000114. The van der Waals surface area contributed by atoms with Crippen molar-refractivity contribution < 1.29 is 13.4 Å². The molecule has 0 spiro atoms. The lowest BCUT2D eigenvalue weighted by molar-refractivity contribution is 0.0736. The zero-order valence-electron chi connectivity index (χ0n) is 24.7. The fraction of sp³-hybridized carbons (Fsp3) is 0.382. The Kier molecular flexibility index (Phi) is 6.33. The molecule has 4 aromatic rings. The molecule has 0 aliphatic heterocycles. The van der Waals surface area contributed by atoms with E-state index in [4.69, 9.17) is 4.98 Å². The van der Waals surface area contributed by atoms with Crippen molar-refractivity contribution in [2.24, 2.45) is 12.5 Å². The Balaban J connectivity index is 1.21. The minimum Gasteiger partial charge on any atom is -0.291 e. The molecule has 0 radical (unpaired) electrons. The number of rotatable bonds is 8. The number of allylic oxidation sites excluding steroid dienone is 1. The van der Waals surface area contributed by atoms with E-state index in [0.29, 0.717) is 35.9 Å². The van der Waals surface area contributed by atoms with Crippen LogP contribution in [-0.2, 0) is 23.2 Å². The van der Waals surface area contributed by atoms with Gasteiger partial charge in [-0.15, -0.1) is 0 Å². The van der Waals surface area contributed by atoms with Crippen molar-refractivity contribution in [1.29, 1.82) is 0 Å². The molecular formula is C34H35FN6O2S. The molecular weight excluding hydrogens is 575 g/mol. The minimum atomic E-state index is -2.87. The van der Waals surface area contributed by atoms with Crippen molar-refractivity contribution in [3.05, 3.63) is 95.0 Å². The molecule has 0 saturated heterocycles. The maximum Gasteiger partial charge on any atom is 0.191 e. The molecule has 0 N–H and O–H groups in total. The maximum atomic E-state index is 14.8. The van der Waals surface area contributed by atoms with E-state index in [0.717, 1.165) is 41.8 Å². The molecule has 3 fully saturated rings. The van der Waals surface area contributed by atoms with Gasteiger partial charge in [-0.3, -0.25) is 14.5 Å². The molecule has 1 aromatic carbocycles. The topological polar surface area (TPSA) is 85.9 Å². The lowest BCUT2D eigenvalue weighted by atomic mass is 9.60. The number of nitrogens with zero attached hydrogens (tertiary/aromatic N) is 6. The van der Waals surface area contributed by atoms with Crippen LogP contribution >= 0.6 is 0 Å². The van der Waals surface area contributed by atoms with Crippen LogP contribution in [0.2, 0.25) is 0 Å². The number of carbonyl (C=O) groups excluding carboxylic acids is 1. The van der Waals surface area contributed by atoms with E-state index in [1.807, 2.05) is 30.2 Å². The van der Waals surface area contributed by atoms with Crippen LogP contribution in [0.5, 0.6) is 0 Å². The smallest absolute Gasteiger partial charge is 0.191 e. The summed E-state index contributed by atoms with van der Waals surface area (Å²) in [5, 5.41) is 9.66. The number of fused-ring (bicyclic) bond motifs is 2. The van der Waals surface area contributed by atoms with Gasteiger partial charge in [0.2, 0.25) is 0 Å². The Morgan fingerprint density at radius 1 is 1.05 bits per heavy atom. The highest BCUT2D eigenvalue weighted by molar-refractivity contribution is 7.98. The standard InChI is InChI=1S/C34H35FN6O2S/c1-39-16-15-32(38-39)44(2,43)41(28-12-13-28)29-9-6-25-17-31-24(21-37-40(31)27-10-7-26(35)8-11-27)18-34(25,19-29)33(42)30-14-5-23(20-36-30)22-3-4-22/h5,7-8,10-11,14-17,20-22,28-29H,2-4,6,9,12-13,18-19H2,1H3/t29-,34-,44?/m0/s1. The van der Waals surface area contributed by atoms with Crippen molar-refractivity contribution in [2.75, 3.05) is 0 Å². The van der Waals surface area contributed by atoms with Gasteiger partial charge < -0.3 is 0 Å². The van der Waals surface area contributed by atoms with Crippen molar-refractivity contribution in [3.8, 4) is 5.69 Å². The molecule has 4 aliphatic rings. The van der Waals surface area contributed by atoms with E-state index >= 15 is 0 Å². The van der Waals surface area contributed by atoms with Crippen molar-refractivity contribution in [1.82, 2.24) is 28.9 Å². The van der Waals surface area contributed by atoms with Gasteiger partial charge in [0, 0.05) is 31.5 Å². The maximum absolute atomic E-state index is 14.8. The summed E-state index contributed by atoms with van der Waals surface area (Å²) in [6.07, 6.45) is 14.3. The molecule has 1 unspecified atom stereocenters. The van der Waals surface area contributed by atoms with Crippen molar-refractivity contribution in [2.45, 2.75) is 74.4 Å². The molecule has 44 heavy (non-hydrogen) atoms. The first-order valence-corrected chi connectivity index (χ1v) is 17.1. The normalized spacial score (nSPS) is 24.3. The van der Waals surface area contributed by atoms with Gasteiger partial charge in [-0.25, -0.2) is 17.6 Å². The molecule has 3 saturated carbocycles. The number of benzene rings is 1. The Morgan fingerprint density at radius 3 is 2.50 bits per heavy atom. The van der Waals surface area contributed by atoms with Crippen LogP contribution in [0.25, 0.3) is 11.8 Å². The molecule has 3 heterocycles. The number of pyridine rings is 1. The fourth-order valence-corrected chi connectivity index (χ4v) is 9.41. The number of halogens is 1. The second kappa shape index (κ2) is 10.1. The van der Waals surface area contributed by atoms with E-state index in [1.165, 1.54) is 30.5 Å². The number of hydrogen-bond acceptors (Lipinski definition) is 5. The van der Waals surface area contributed by atoms with E-state index in [-0.39, 0.29) is 23.7 Å². The monoisotopic (exact) mass is 610 g/mol. The highest BCUT2D eigenvalue weighted by atomic mass is 32.2. The number of aryl methyl sites for hydroxylation is 1. The molecule has 3 atom stereocenters. The van der Waals surface area contributed by atoms with Crippen LogP contribution < -0.4 is 0 Å². The predicted octanol–water partition coefficient (Wildman–Crippen LogP) is 5.53. The summed E-state index contributed by atoms with van der Waals surface area (Å²) in [4.78, 5) is 19.5. The first kappa shape index (κ1) is 27.6. The second-order valence-electron chi connectivity index (χ2n) is 12.9. The fourth-order valence-electron chi connectivity index (χ4n) is 7.31. The van der Waals surface area contributed by atoms with Gasteiger partial charge in [0.25, 0.3) is 0 Å². The molecule has 8 rings (SSSR count). The van der Waals surface area contributed by atoms with E-state index < -0.39 is 15.1 Å². The first-order chi connectivity index (χ1) is 21.2. The molecule has 8 nitrogen and oxygen atoms in total. The Labute approximate surface area is 256 Å². The Morgan fingerprint density at radius 2 is 1.84 bits per heavy atom. The predicted molar refractivity (Wildman–Crippen MR) is 167 cm³/mol. The van der Waals surface area contributed by atoms with Gasteiger partial charge >= 0.3 is 0 Å². The molecule has 0 amide bonds. The van der Waals surface area contributed by atoms with Crippen LogP contribution in [0.1, 0.15) is 78.2 Å². The van der Waals surface area contributed by atoms with Gasteiger partial charge in [0.15, 0.2) is 10.8 Å². The summed E-state index contributed by atoms with van der Waals surface area (Å²) in [5.74, 6) is 4.51. The number of aromatic nitrogens is 5. The van der Waals surface area contributed by atoms with Crippen molar-refractivity contribution in [3.63, 3.8) is 0 Å². The summed E-state index contributed by atoms with van der Waals surface area (Å²) < 4.78 is 33.7. The SMILES string of the molecule is C=S(=O)(c1ccn(C)n1)N(C1CC1)[C@H]1CCC2=Cc3c(cnn3-c3ccc(F)cc3)C[C@]2(C(=O)c2ccc(C3CC3)cn2)C1. The van der Waals surface area contributed by atoms with Gasteiger partial charge in [-0.2, -0.15) is 10.2 Å². The zero-order chi connectivity index (χ0) is 30.2. The molecule has 10 heteroatoms. The van der Waals surface area contributed by atoms with Crippen molar-refractivity contribution >= 4 is 27.4 Å². The molecule has 3 aromatic heterocycles. The quantitative estimate of drug-likeness (QED) is 0.193. The number of hydrogen-bond donors (Lipinski definition) is 0. The highest BCUT2D eigenvalue weighted by Crippen LogP contribution is 2.52.